The number of anilines is 2. The molecule has 2 aromatic rings. The van der Waals surface area contributed by atoms with E-state index >= 15 is 0 Å². The monoisotopic (exact) mass is 299 g/mol. The molecule has 0 aliphatic rings. The second-order valence-electron chi connectivity index (χ2n) is 4.27. The van der Waals surface area contributed by atoms with Crippen LogP contribution in [0, 0.1) is 17.5 Å². The third kappa shape index (κ3) is 2.90. The number of hydrogen-bond donors (Lipinski definition) is 0. The Labute approximate surface area is 120 Å². The van der Waals surface area contributed by atoms with Gasteiger partial charge in [-0.1, -0.05) is 6.07 Å². The molecular formula is C15H13ClF3N. The minimum absolute atomic E-state index is 0.0280. The van der Waals surface area contributed by atoms with Crippen molar-refractivity contribution in [1.82, 2.24) is 0 Å². The van der Waals surface area contributed by atoms with E-state index in [2.05, 4.69) is 0 Å². The Morgan fingerprint density at radius 3 is 2.20 bits per heavy atom. The van der Waals surface area contributed by atoms with Crippen LogP contribution in [0.3, 0.4) is 0 Å². The molecule has 0 fully saturated rings. The zero-order valence-corrected chi connectivity index (χ0v) is 11.6. The lowest BCUT2D eigenvalue weighted by atomic mass is 10.1. The number of rotatable bonds is 4. The number of nitrogens with zero attached hydrogens (tertiary/aromatic N) is 1. The molecule has 0 aromatic heterocycles. The number of hydrogen-bond acceptors (Lipinski definition) is 1. The molecule has 0 aliphatic carbocycles. The molecule has 2 rings (SSSR count). The standard InChI is InChI=1S/C15H13ClF3N/c1-2-20(12-5-3-4-11(17)8-12)15-13(18)6-10(9-16)7-14(15)19/h3-8H,2,9H2,1H3. The van der Waals surface area contributed by atoms with Crippen LogP contribution in [0.1, 0.15) is 12.5 Å². The van der Waals surface area contributed by atoms with Crippen molar-refractivity contribution >= 4 is 23.0 Å². The maximum Gasteiger partial charge on any atom is 0.150 e. The lowest BCUT2D eigenvalue weighted by Crippen LogP contribution is -2.19. The highest BCUT2D eigenvalue weighted by molar-refractivity contribution is 6.17. The Bertz CT molecular complexity index is 593. The van der Waals surface area contributed by atoms with E-state index in [-0.39, 0.29) is 11.6 Å². The molecule has 0 bridgehead atoms. The SMILES string of the molecule is CCN(c1cccc(F)c1)c1c(F)cc(CCl)cc1F. The lowest BCUT2D eigenvalue weighted by Gasteiger charge is -2.24. The van der Waals surface area contributed by atoms with Crippen LogP contribution in [0.25, 0.3) is 0 Å². The van der Waals surface area contributed by atoms with Gasteiger partial charge in [-0.05, 0) is 42.8 Å². The quantitative estimate of drug-likeness (QED) is 0.718. The largest absolute Gasteiger partial charge is 0.337 e. The van der Waals surface area contributed by atoms with Crippen molar-refractivity contribution in [3.63, 3.8) is 0 Å². The minimum Gasteiger partial charge on any atom is -0.337 e. The van der Waals surface area contributed by atoms with Crippen LogP contribution < -0.4 is 4.90 Å². The number of halogens is 4. The average Bonchev–Trinajstić information content (AvgIpc) is 2.42. The van der Waals surface area contributed by atoms with Crippen LogP contribution in [0.2, 0.25) is 0 Å². The molecule has 5 heteroatoms. The summed E-state index contributed by atoms with van der Waals surface area (Å²) >= 11 is 5.58. The molecule has 0 aliphatic heterocycles. The molecule has 0 saturated carbocycles. The molecule has 1 nitrogen and oxygen atoms in total. The van der Waals surface area contributed by atoms with E-state index in [9.17, 15) is 13.2 Å². The van der Waals surface area contributed by atoms with Gasteiger partial charge in [0.05, 0.1) is 0 Å². The highest BCUT2D eigenvalue weighted by Gasteiger charge is 2.18. The van der Waals surface area contributed by atoms with Gasteiger partial charge in [0.1, 0.15) is 23.1 Å². The van der Waals surface area contributed by atoms with Crippen molar-refractivity contribution in [3.8, 4) is 0 Å². The van der Waals surface area contributed by atoms with Crippen LogP contribution >= 0.6 is 11.6 Å². The van der Waals surface area contributed by atoms with Gasteiger partial charge in [0, 0.05) is 18.1 Å². The van der Waals surface area contributed by atoms with Crippen LogP contribution in [0.5, 0.6) is 0 Å². The summed E-state index contributed by atoms with van der Waals surface area (Å²) < 4.78 is 41.4. The summed E-state index contributed by atoms with van der Waals surface area (Å²) in [5, 5.41) is 0. The van der Waals surface area contributed by atoms with E-state index in [1.807, 2.05) is 0 Å². The Morgan fingerprint density at radius 1 is 1.05 bits per heavy atom. The van der Waals surface area contributed by atoms with Gasteiger partial charge in [-0.2, -0.15) is 0 Å². The summed E-state index contributed by atoms with van der Waals surface area (Å²) in [4.78, 5) is 1.38. The first-order valence-electron chi connectivity index (χ1n) is 6.13. The van der Waals surface area contributed by atoms with Crippen molar-refractivity contribution in [1.29, 1.82) is 0 Å². The maximum atomic E-state index is 14.1. The molecule has 106 valence electrons. The molecule has 20 heavy (non-hydrogen) atoms. The van der Waals surface area contributed by atoms with E-state index in [0.717, 1.165) is 0 Å². The third-order valence-electron chi connectivity index (χ3n) is 2.94. The molecule has 2 aromatic carbocycles. The molecular weight excluding hydrogens is 287 g/mol. The smallest absolute Gasteiger partial charge is 0.150 e. The first kappa shape index (κ1) is 14.7. The van der Waals surface area contributed by atoms with Gasteiger partial charge in [-0.15, -0.1) is 11.6 Å². The first-order chi connectivity index (χ1) is 9.56. The lowest BCUT2D eigenvalue weighted by molar-refractivity contribution is 0.578. The fraction of sp³-hybridized carbons (Fsp3) is 0.200. The van der Waals surface area contributed by atoms with E-state index in [1.54, 1.807) is 13.0 Å². The number of alkyl halides is 1. The molecule has 0 saturated heterocycles. The zero-order valence-electron chi connectivity index (χ0n) is 10.8. The van der Waals surface area contributed by atoms with Crippen molar-refractivity contribution in [3.05, 3.63) is 59.4 Å². The van der Waals surface area contributed by atoms with E-state index in [0.29, 0.717) is 17.8 Å². The summed E-state index contributed by atoms with van der Waals surface area (Å²) in [6, 6.07) is 7.98. The van der Waals surface area contributed by atoms with E-state index in [1.165, 1.54) is 35.2 Å². The second kappa shape index (κ2) is 6.18. The van der Waals surface area contributed by atoms with E-state index < -0.39 is 17.5 Å². The predicted molar refractivity (Wildman–Crippen MR) is 75.0 cm³/mol. The maximum absolute atomic E-state index is 14.1. The van der Waals surface area contributed by atoms with Gasteiger partial charge in [0.2, 0.25) is 0 Å². The van der Waals surface area contributed by atoms with Crippen molar-refractivity contribution in [2.24, 2.45) is 0 Å². The van der Waals surface area contributed by atoms with Crippen molar-refractivity contribution < 1.29 is 13.2 Å². The van der Waals surface area contributed by atoms with E-state index in [4.69, 9.17) is 11.6 Å². The van der Waals surface area contributed by atoms with Gasteiger partial charge in [0.25, 0.3) is 0 Å². The van der Waals surface area contributed by atoms with Crippen LogP contribution in [0.4, 0.5) is 24.5 Å². The van der Waals surface area contributed by atoms with Crippen molar-refractivity contribution in [2.45, 2.75) is 12.8 Å². The summed E-state index contributed by atoms with van der Waals surface area (Å²) in [5.41, 5.74) is 0.552. The predicted octanol–water partition coefficient (Wildman–Crippen LogP) is 5.00. The molecule has 0 N–H and O–H groups in total. The Hall–Kier alpha value is -1.68. The average molecular weight is 300 g/mol. The second-order valence-corrected chi connectivity index (χ2v) is 4.53. The molecule has 0 radical (unpaired) electrons. The first-order valence-corrected chi connectivity index (χ1v) is 6.67. The molecule has 0 spiro atoms. The summed E-state index contributed by atoms with van der Waals surface area (Å²) in [6.45, 7) is 2.04. The van der Waals surface area contributed by atoms with Gasteiger partial charge < -0.3 is 4.90 Å². The highest BCUT2D eigenvalue weighted by Crippen LogP contribution is 2.31. The third-order valence-corrected chi connectivity index (χ3v) is 3.25. The Kier molecular flexibility index (Phi) is 4.55. The van der Waals surface area contributed by atoms with Crippen molar-refractivity contribution in [2.75, 3.05) is 11.4 Å². The van der Waals surface area contributed by atoms with Gasteiger partial charge >= 0.3 is 0 Å². The van der Waals surface area contributed by atoms with Gasteiger partial charge in [-0.25, -0.2) is 13.2 Å². The molecule has 0 unspecified atom stereocenters. The topological polar surface area (TPSA) is 3.24 Å². The van der Waals surface area contributed by atoms with Gasteiger partial charge in [-0.3, -0.25) is 0 Å². The zero-order chi connectivity index (χ0) is 14.7. The Morgan fingerprint density at radius 2 is 1.70 bits per heavy atom. The Balaban J connectivity index is 2.52. The highest BCUT2D eigenvalue weighted by atomic mass is 35.5. The fourth-order valence-electron chi connectivity index (χ4n) is 2.07. The van der Waals surface area contributed by atoms with Crippen LogP contribution in [0.15, 0.2) is 36.4 Å². The summed E-state index contributed by atoms with van der Waals surface area (Å²) in [7, 11) is 0. The summed E-state index contributed by atoms with van der Waals surface area (Å²) in [5.74, 6) is -1.86. The molecule has 0 atom stereocenters. The van der Waals surface area contributed by atoms with Gasteiger partial charge in [0.15, 0.2) is 0 Å². The molecule has 0 heterocycles. The molecule has 0 amide bonds. The number of benzene rings is 2. The normalized spacial score (nSPS) is 10.7. The summed E-state index contributed by atoms with van der Waals surface area (Å²) in [6.07, 6.45) is 0. The van der Waals surface area contributed by atoms with Crippen LogP contribution in [-0.2, 0) is 5.88 Å². The van der Waals surface area contributed by atoms with Crippen LogP contribution in [-0.4, -0.2) is 6.54 Å². The fourth-order valence-corrected chi connectivity index (χ4v) is 2.22. The minimum atomic E-state index is -0.716.